The molecule has 0 spiro atoms. The topological polar surface area (TPSA) is 46.6 Å². The molecule has 1 heterocycles. The van der Waals surface area contributed by atoms with Crippen LogP contribution in [0.2, 0.25) is 0 Å². The largest absolute Gasteiger partial charge is 0.487 e. The van der Waals surface area contributed by atoms with Gasteiger partial charge >= 0.3 is 0 Å². The van der Waals surface area contributed by atoms with Gasteiger partial charge < -0.3 is 4.74 Å². The summed E-state index contributed by atoms with van der Waals surface area (Å²) in [4.78, 5) is 27.7. The van der Waals surface area contributed by atoms with Crippen molar-refractivity contribution >= 4 is 82.4 Å². The summed E-state index contributed by atoms with van der Waals surface area (Å²) in [5, 5.41) is 4.17. The summed E-state index contributed by atoms with van der Waals surface area (Å²) in [5.41, 5.74) is 2.81. The lowest BCUT2D eigenvalue weighted by Gasteiger charge is -2.14. The lowest BCUT2D eigenvalue weighted by Crippen LogP contribution is -2.27. The van der Waals surface area contributed by atoms with Crippen LogP contribution in [0.5, 0.6) is 5.75 Å². The monoisotopic (exact) mass is 657 g/mol. The summed E-state index contributed by atoms with van der Waals surface area (Å²) in [6.07, 6.45) is 1.75. The Morgan fingerprint density at radius 2 is 1.31 bits per heavy atom. The number of nitrogens with zero attached hydrogens (tertiary/aromatic N) is 1. The van der Waals surface area contributed by atoms with Crippen LogP contribution in [0.25, 0.3) is 27.6 Å². The summed E-state index contributed by atoms with van der Waals surface area (Å²) in [6.45, 7) is 0.642. The quantitative estimate of drug-likeness (QED) is 0.171. The van der Waals surface area contributed by atoms with Gasteiger partial charge in [0.25, 0.3) is 11.1 Å². The summed E-state index contributed by atoms with van der Waals surface area (Å²) in [5.74, 6) is 0.380. The average molecular weight is 659 g/mol. The van der Waals surface area contributed by atoms with Crippen LogP contribution < -0.4 is 4.74 Å². The van der Waals surface area contributed by atoms with Crippen molar-refractivity contribution in [2.75, 3.05) is 0 Å². The third-order valence-electron chi connectivity index (χ3n) is 6.65. The van der Waals surface area contributed by atoms with Crippen LogP contribution in [-0.4, -0.2) is 16.0 Å². The van der Waals surface area contributed by atoms with Gasteiger partial charge in [0.15, 0.2) is 0 Å². The van der Waals surface area contributed by atoms with E-state index in [0.29, 0.717) is 17.3 Å². The number of rotatable bonds is 6. The number of imide groups is 1. The van der Waals surface area contributed by atoms with E-state index in [9.17, 15) is 9.59 Å². The molecule has 1 aliphatic rings. The fourth-order valence-corrected chi connectivity index (χ4v) is 7.05. The first-order valence-electron chi connectivity index (χ1n) is 12.3. The molecular weight excluding hydrogens is 638 g/mol. The first kappa shape index (κ1) is 25.9. The highest BCUT2D eigenvalue weighted by molar-refractivity contribution is 9.11. The number of thioether (sulfide) groups is 1. The third-order valence-corrected chi connectivity index (χ3v) is 8.74. The SMILES string of the molecule is O=C1S/C(=C\c2cc(Br)c(OCc3cccc4ccccc34)c(Br)c2)C(=O)N1Cc1cccc2ccccc12. The van der Waals surface area contributed by atoms with Gasteiger partial charge in [0.05, 0.1) is 20.4 Å². The highest BCUT2D eigenvalue weighted by Gasteiger charge is 2.35. The zero-order valence-electron chi connectivity index (χ0n) is 20.6. The van der Waals surface area contributed by atoms with Crippen molar-refractivity contribution in [2.45, 2.75) is 13.2 Å². The Morgan fingerprint density at radius 1 is 0.744 bits per heavy atom. The number of hydrogen-bond donors (Lipinski definition) is 0. The van der Waals surface area contributed by atoms with Gasteiger partial charge in [-0.15, -0.1) is 0 Å². The van der Waals surface area contributed by atoms with Gasteiger partial charge in [0.2, 0.25) is 0 Å². The number of carbonyl (C=O) groups excluding carboxylic acids is 2. The smallest absolute Gasteiger partial charge is 0.293 e. The van der Waals surface area contributed by atoms with Crippen LogP contribution in [0.1, 0.15) is 16.7 Å². The molecule has 0 N–H and O–H groups in total. The molecule has 1 fully saturated rings. The van der Waals surface area contributed by atoms with Crippen molar-refractivity contribution < 1.29 is 14.3 Å². The maximum Gasteiger partial charge on any atom is 0.293 e. The zero-order valence-corrected chi connectivity index (χ0v) is 24.6. The number of benzene rings is 5. The Bertz CT molecular complexity index is 1770. The number of fused-ring (bicyclic) bond motifs is 2. The summed E-state index contributed by atoms with van der Waals surface area (Å²) in [6, 6.07) is 32.1. The molecule has 1 aliphatic heterocycles. The molecule has 5 aromatic carbocycles. The van der Waals surface area contributed by atoms with E-state index in [1.165, 1.54) is 10.3 Å². The first-order chi connectivity index (χ1) is 19.0. The van der Waals surface area contributed by atoms with Gasteiger partial charge in [-0.3, -0.25) is 14.5 Å². The summed E-state index contributed by atoms with van der Waals surface area (Å²) >= 11 is 8.21. The second-order valence-corrected chi connectivity index (χ2v) is 11.8. The Labute approximate surface area is 246 Å². The van der Waals surface area contributed by atoms with E-state index in [-0.39, 0.29) is 17.7 Å². The van der Waals surface area contributed by atoms with Crippen molar-refractivity contribution in [3.05, 3.63) is 128 Å². The van der Waals surface area contributed by atoms with Crippen molar-refractivity contribution in [3.63, 3.8) is 0 Å². The van der Waals surface area contributed by atoms with Crippen LogP contribution in [-0.2, 0) is 17.9 Å². The van der Waals surface area contributed by atoms with E-state index in [4.69, 9.17) is 4.74 Å². The molecule has 192 valence electrons. The minimum Gasteiger partial charge on any atom is -0.487 e. The highest BCUT2D eigenvalue weighted by atomic mass is 79.9. The van der Waals surface area contributed by atoms with Gasteiger partial charge in [-0.05, 0) is 100 Å². The predicted molar refractivity (Wildman–Crippen MR) is 166 cm³/mol. The molecule has 0 radical (unpaired) electrons. The normalized spacial score (nSPS) is 14.6. The van der Waals surface area contributed by atoms with E-state index in [1.54, 1.807) is 6.08 Å². The van der Waals surface area contributed by atoms with Gasteiger partial charge in [-0.2, -0.15) is 0 Å². The van der Waals surface area contributed by atoms with Crippen LogP contribution in [0.4, 0.5) is 4.79 Å². The Hall–Kier alpha value is -3.39. The number of carbonyl (C=O) groups is 2. The molecule has 4 nitrogen and oxygen atoms in total. The Morgan fingerprint density at radius 3 is 1.97 bits per heavy atom. The van der Waals surface area contributed by atoms with Gasteiger partial charge in [-0.25, -0.2) is 0 Å². The highest BCUT2D eigenvalue weighted by Crippen LogP contribution is 2.39. The molecule has 0 aromatic heterocycles. The lowest BCUT2D eigenvalue weighted by atomic mass is 10.0. The number of halogens is 2. The van der Waals surface area contributed by atoms with E-state index in [1.807, 2.05) is 72.8 Å². The molecule has 0 atom stereocenters. The molecular formula is C32H21Br2NO3S. The molecule has 7 heteroatoms. The first-order valence-corrected chi connectivity index (χ1v) is 14.7. The minimum atomic E-state index is -0.290. The fourth-order valence-electron chi connectivity index (χ4n) is 4.76. The van der Waals surface area contributed by atoms with E-state index in [0.717, 1.165) is 53.6 Å². The van der Waals surface area contributed by atoms with Crippen LogP contribution in [0.15, 0.2) is 111 Å². The molecule has 39 heavy (non-hydrogen) atoms. The van der Waals surface area contributed by atoms with Crippen molar-refractivity contribution in [1.82, 2.24) is 4.90 Å². The molecule has 0 bridgehead atoms. The zero-order chi connectivity index (χ0) is 26.9. The molecule has 0 unspecified atom stereocenters. The fraction of sp³-hybridized carbons (Fsp3) is 0.0625. The Balaban J connectivity index is 1.21. The molecule has 5 aromatic rings. The van der Waals surface area contributed by atoms with Gasteiger partial charge in [0.1, 0.15) is 12.4 Å². The second kappa shape index (κ2) is 11.0. The maximum absolute atomic E-state index is 13.2. The van der Waals surface area contributed by atoms with Crippen molar-refractivity contribution in [2.24, 2.45) is 0 Å². The van der Waals surface area contributed by atoms with Crippen LogP contribution in [0, 0.1) is 0 Å². The summed E-state index contributed by atoms with van der Waals surface area (Å²) in [7, 11) is 0. The van der Waals surface area contributed by atoms with Crippen molar-refractivity contribution in [1.29, 1.82) is 0 Å². The van der Waals surface area contributed by atoms with E-state index in [2.05, 4.69) is 56.1 Å². The summed E-state index contributed by atoms with van der Waals surface area (Å²) < 4.78 is 7.69. The predicted octanol–water partition coefficient (Wildman–Crippen LogP) is 9.33. The Kier molecular flexibility index (Phi) is 7.30. The third kappa shape index (κ3) is 5.26. The van der Waals surface area contributed by atoms with E-state index >= 15 is 0 Å². The van der Waals surface area contributed by atoms with Gasteiger partial charge in [-0.1, -0.05) is 84.9 Å². The van der Waals surface area contributed by atoms with Crippen molar-refractivity contribution in [3.8, 4) is 5.75 Å². The number of amides is 2. The second-order valence-electron chi connectivity index (χ2n) is 9.15. The minimum absolute atomic E-state index is 0.234. The number of hydrogen-bond acceptors (Lipinski definition) is 4. The standard InChI is InChI=1S/C32H21Br2NO3S/c33-27-15-20(16-28(34)30(27)38-19-24-12-6-10-22-8-2-4-14-26(22)24)17-29-31(36)35(32(37)39-29)18-23-11-5-9-21-7-1-3-13-25(21)23/h1-17H,18-19H2/b29-17-. The molecule has 0 saturated carbocycles. The number of ether oxygens (including phenoxy) is 1. The molecule has 1 saturated heterocycles. The molecule has 2 amide bonds. The van der Waals surface area contributed by atoms with Crippen LogP contribution >= 0.6 is 43.6 Å². The van der Waals surface area contributed by atoms with Crippen LogP contribution in [0.3, 0.4) is 0 Å². The molecule has 6 rings (SSSR count). The van der Waals surface area contributed by atoms with Gasteiger partial charge in [0, 0.05) is 0 Å². The maximum atomic E-state index is 13.2. The van der Waals surface area contributed by atoms with E-state index < -0.39 is 0 Å². The molecule has 0 aliphatic carbocycles. The lowest BCUT2D eigenvalue weighted by molar-refractivity contribution is -0.123. The average Bonchev–Trinajstić information content (AvgIpc) is 3.20.